The Balaban J connectivity index is 1.27. The van der Waals surface area contributed by atoms with Gasteiger partial charge >= 0.3 is 0 Å². The Morgan fingerprint density at radius 1 is 0.968 bits per heavy atom. The molecule has 31 heavy (non-hydrogen) atoms. The Morgan fingerprint density at radius 2 is 1.68 bits per heavy atom. The van der Waals surface area contributed by atoms with Gasteiger partial charge in [-0.1, -0.05) is 48.2 Å². The molecule has 4 rings (SSSR count). The number of ether oxygens (including phenoxy) is 1. The van der Waals surface area contributed by atoms with E-state index in [1.807, 2.05) is 53.9 Å². The molecule has 0 radical (unpaired) electrons. The van der Waals surface area contributed by atoms with Crippen LogP contribution in [0.5, 0.6) is 11.5 Å². The van der Waals surface area contributed by atoms with Crippen LogP contribution in [0.3, 0.4) is 0 Å². The largest absolute Gasteiger partial charge is 0.457 e. The Morgan fingerprint density at radius 3 is 2.45 bits per heavy atom. The molecule has 1 heterocycles. The third kappa shape index (κ3) is 6.16. The minimum atomic E-state index is -0.216. The summed E-state index contributed by atoms with van der Waals surface area (Å²) in [6.07, 6.45) is 0.180. The van der Waals surface area contributed by atoms with E-state index < -0.39 is 0 Å². The van der Waals surface area contributed by atoms with Gasteiger partial charge in [-0.3, -0.25) is 4.79 Å². The molecule has 3 aromatic carbocycles. The zero-order valence-corrected chi connectivity index (χ0v) is 18.1. The van der Waals surface area contributed by atoms with E-state index >= 15 is 0 Å². The molecule has 7 heteroatoms. The molecule has 0 saturated heterocycles. The number of thioether (sulfide) groups is 1. The maximum atomic E-state index is 13.7. The van der Waals surface area contributed by atoms with E-state index in [9.17, 15) is 9.18 Å². The number of para-hydroxylation sites is 1. The van der Waals surface area contributed by atoms with Crippen LogP contribution in [0.2, 0.25) is 0 Å². The molecular formula is C24H19FN2O2S2. The summed E-state index contributed by atoms with van der Waals surface area (Å²) in [5.41, 5.74) is 2.03. The second-order valence-electron chi connectivity index (χ2n) is 6.65. The normalized spacial score (nSPS) is 10.6. The van der Waals surface area contributed by atoms with E-state index in [0.717, 1.165) is 10.1 Å². The maximum Gasteiger partial charge on any atom is 0.230 e. The summed E-state index contributed by atoms with van der Waals surface area (Å²) in [4.78, 5) is 16.8. The first-order valence-electron chi connectivity index (χ1n) is 9.59. The fourth-order valence-electron chi connectivity index (χ4n) is 2.79. The molecular weight excluding hydrogens is 431 g/mol. The lowest BCUT2D eigenvalue weighted by Gasteiger charge is -2.07. The molecule has 0 unspecified atom stereocenters. The average Bonchev–Trinajstić information content (AvgIpc) is 3.22. The number of benzene rings is 3. The topological polar surface area (TPSA) is 51.2 Å². The van der Waals surface area contributed by atoms with Gasteiger partial charge < -0.3 is 10.1 Å². The maximum absolute atomic E-state index is 13.7. The molecule has 4 nitrogen and oxygen atoms in total. The molecule has 0 spiro atoms. The number of aromatic nitrogens is 1. The summed E-state index contributed by atoms with van der Waals surface area (Å²) in [6, 6.07) is 23.4. The number of amides is 1. The predicted molar refractivity (Wildman–Crippen MR) is 123 cm³/mol. The summed E-state index contributed by atoms with van der Waals surface area (Å²) in [6.45, 7) is 0. The van der Waals surface area contributed by atoms with Crippen molar-refractivity contribution in [3.63, 3.8) is 0 Å². The third-order valence-electron chi connectivity index (χ3n) is 4.30. The lowest BCUT2D eigenvalue weighted by atomic mass is 10.2. The highest BCUT2D eigenvalue weighted by molar-refractivity contribution is 8.00. The Bertz CT molecular complexity index is 1150. The zero-order valence-electron chi connectivity index (χ0n) is 16.5. The number of thiazole rings is 1. The number of nitrogens with zero attached hydrogens (tertiary/aromatic N) is 1. The van der Waals surface area contributed by atoms with Crippen LogP contribution in [0.15, 0.2) is 88.6 Å². The number of anilines is 1. The van der Waals surface area contributed by atoms with Crippen LogP contribution >= 0.6 is 23.1 Å². The third-order valence-corrected chi connectivity index (χ3v) is 6.42. The monoisotopic (exact) mass is 450 g/mol. The van der Waals surface area contributed by atoms with Crippen molar-refractivity contribution in [3.8, 4) is 11.5 Å². The first kappa shape index (κ1) is 21.1. The summed E-state index contributed by atoms with van der Waals surface area (Å²) in [5, 5.41) is 4.73. The van der Waals surface area contributed by atoms with Crippen molar-refractivity contribution in [1.29, 1.82) is 0 Å². The quantitative estimate of drug-likeness (QED) is 0.309. The van der Waals surface area contributed by atoms with Gasteiger partial charge in [0.15, 0.2) is 0 Å². The van der Waals surface area contributed by atoms with Crippen molar-refractivity contribution in [3.05, 3.63) is 101 Å². The molecule has 0 aliphatic heterocycles. The fraction of sp³-hybridized carbons (Fsp3) is 0.0833. The van der Waals surface area contributed by atoms with Crippen LogP contribution in [-0.4, -0.2) is 10.9 Å². The number of nitrogens with one attached hydrogen (secondary N) is 1. The number of hydrogen-bond acceptors (Lipinski definition) is 5. The van der Waals surface area contributed by atoms with Crippen LogP contribution < -0.4 is 10.1 Å². The van der Waals surface area contributed by atoms with Crippen LogP contribution in [0.1, 0.15) is 11.3 Å². The summed E-state index contributed by atoms with van der Waals surface area (Å²) < 4.78 is 20.3. The summed E-state index contributed by atoms with van der Waals surface area (Å²) >= 11 is 2.92. The van der Waals surface area contributed by atoms with Gasteiger partial charge in [-0.05, 0) is 48.0 Å². The molecule has 1 amide bonds. The highest BCUT2D eigenvalue weighted by Crippen LogP contribution is 2.27. The molecule has 0 aliphatic rings. The lowest BCUT2D eigenvalue weighted by molar-refractivity contribution is -0.115. The Hall–Kier alpha value is -3.16. The van der Waals surface area contributed by atoms with Crippen molar-refractivity contribution in [2.24, 2.45) is 0 Å². The fourth-order valence-corrected chi connectivity index (χ4v) is 4.62. The van der Waals surface area contributed by atoms with Gasteiger partial charge in [-0.25, -0.2) is 9.37 Å². The molecule has 0 saturated carbocycles. The van der Waals surface area contributed by atoms with Gasteiger partial charge in [-0.15, -0.1) is 11.3 Å². The van der Waals surface area contributed by atoms with Gasteiger partial charge in [0.05, 0.1) is 12.1 Å². The number of rotatable bonds is 8. The van der Waals surface area contributed by atoms with Crippen LogP contribution in [0.4, 0.5) is 10.1 Å². The summed E-state index contributed by atoms with van der Waals surface area (Å²) in [5.74, 6) is 1.59. The minimum absolute atomic E-state index is 0.146. The van der Waals surface area contributed by atoms with E-state index in [2.05, 4.69) is 10.3 Å². The summed E-state index contributed by atoms with van der Waals surface area (Å²) in [7, 11) is 0. The van der Waals surface area contributed by atoms with Gasteiger partial charge in [0, 0.05) is 16.8 Å². The Kier molecular flexibility index (Phi) is 6.96. The highest BCUT2D eigenvalue weighted by Gasteiger charge is 2.10. The van der Waals surface area contributed by atoms with Crippen molar-refractivity contribution in [1.82, 2.24) is 4.98 Å². The van der Waals surface area contributed by atoms with Crippen molar-refractivity contribution < 1.29 is 13.9 Å². The Labute approximate surface area is 188 Å². The standard InChI is InChI=1S/C24H19FN2O2S2/c25-22-9-5-4-6-17(22)15-30-24-27-19(16-31-24)14-23(28)26-18-10-12-21(13-11-18)29-20-7-2-1-3-8-20/h1-13,16H,14-15H2,(H,26,28). The van der Waals surface area contributed by atoms with Crippen LogP contribution in [0, 0.1) is 5.82 Å². The van der Waals surface area contributed by atoms with E-state index in [1.165, 1.54) is 29.2 Å². The number of carbonyl (C=O) groups excluding carboxylic acids is 1. The van der Waals surface area contributed by atoms with Crippen molar-refractivity contribution in [2.75, 3.05) is 5.32 Å². The van der Waals surface area contributed by atoms with E-state index in [4.69, 9.17) is 4.74 Å². The average molecular weight is 451 g/mol. The molecule has 0 atom stereocenters. The molecule has 0 aliphatic carbocycles. The van der Waals surface area contributed by atoms with Gasteiger partial charge in [0.2, 0.25) is 5.91 Å². The minimum Gasteiger partial charge on any atom is -0.457 e. The van der Waals surface area contributed by atoms with Gasteiger partial charge in [0.1, 0.15) is 21.7 Å². The number of carbonyl (C=O) groups is 1. The van der Waals surface area contributed by atoms with E-state index in [-0.39, 0.29) is 18.1 Å². The molecule has 1 aromatic heterocycles. The van der Waals surface area contributed by atoms with Crippen molar-refractivity contribution in [2.45, 2.75) is 16.5 Å². The number of hydrogen-bond donors (Lipinski definition) is 1. The van der Waals surface area contributed by atoms with Crippen LogP contribution in [-0.2, 0) is 17.0 Å². The smallest absolute Gasteiger partial charge is 0.230 e. The van der Waals surface area contributed by atoms with Crippen LogP contribution in [0.25, 0.3) is 0 Å². The zero-order chi connectivity index (χ0) is 21.5. The van der Waals surface area contributed by atoms with E-state index in [1.54, 1.807) is 24.3 Å². The molecule has 1 N–H and O–H groups in total. The SMILES string of the molecule is O=C(Cc1csc(SCc2ccccc2F)n1)Nc1ccc(Oc2ccccc2)cc1. The second kappa shape index (κ2) is 10.2. The van der Waals surface area contributed by atoms with Gasteiger partial charge in [0.25, 0.3) is 0 Å². The molecule has 4 aromatic rings. The molecule has 0 fully saturated rings. The van der Waals surface area contributed by atoms with Gasteiger partial charge in [-0.2, -0.15) is 0 Å². The second-order valence-corrected chi connectivity index (χ2v) is 8.73. The van der Waals surface area contributed by atoms with Crippen molar-refractivity contribution >= 4 is 34.7 Å². The predicted octanol–water partition coefficient (Wildman–Crippen LogP) is 6.55. The highest BCUT2D eigenvalue weighted by atomic mass is 32.2. The first-order chi connectivity index (χ1) is 15.2. The molecule has 156 valence electrons. The molecule has 0 bridgehead atoms. The lowest BCUT2D eigenvalue weighted by Crippen LogP contribution is -2.14. The number of halogens is 1. The van der Waals surface area contributed by atoms with E-state index in [0.29, 0.717) is 28.4 Å². The first-order valence-corrected chi connectivity index (χ1v) is 11.5.